The molecule has 0 saturated carbocycles. The lowest BCUT2D eigenvalue weighted by Crippen LogP contribution is -2.47. The van der Waals surface area contributed by atoms with E-state index in [4.69, 9.17) is 4.74 Å². The smallest absolute Gasteiger partial charge is 0.223 e. The zero-order valence-electron chi connectivity index (χ0n) is 8.75. The fourth-order valence-electron chi connectivity index (χ4n) is 1.56. The van der Waals surface area contributed by atoms with Crippen LogP contribution in [0.15, 0.2) is 0 Å². The van der Waals surface area contributed by atoms with Crippen molar-refractivity contribution in [3.8, 4) is 0 Å². The monoisotopic (exact) mass is 185 g/mol. The van der Waals surface area contributed by atoms with Crippen molar-refractivity contribution in [1.82, 2.24) is 4.90 Å². The summed E-state index contributed by atoms with van der Waals surface area (Å²) < 4.78 is 5.27. The van der Waals surface area contributed by atoms with Gasteiger partial charge in [-0.1, -0.05) is 13.8 Å². The Hall–Kier alpha value is -0.570. The fraction of sp³-hybridized carbons (Fsp3) is 0.900. The Kier molecular flexibility index (Phi) is 3.72. The highest BCUT2D eigenvalue weighted by Gasteiger charge is 2.23. The van der Waals surface area contributed by atoms with Gasteiger partial charge in [0.1, 0.15) is 0 Å². The Bertz CT molecular complexity index is 180. The van der Waals surface area contributed by atoms with E-state index in [0.717, 1.165) is 6.54 Å². The van der Waals surface area contributed by atoms with Gasteiger partial charge in [-0.15, -0.1) is 0 Å². The number of carbonyl (C=O) groups excluding carboxylic acids is 1. The van der Waals surface area contributed by atoms with Gasteiger partial charge in [-0.25, -0.2) is 0 Å². The second-order valence-electron chi connectivity index (χ2n) is 4.11. The summed E-state index contributed by atoms with van der Waals surface area (Å²) in [5, 5.41) is 0. The minimum atomic E-state index is 0.250. The van der Waals surface area contributed by atoms with Crippen LogP contribution in [-0.2, 0) is 9.53 Å². The lowest BCUT2D eigenvalue weighted by molar-refractivity contribution is -0.139. The summed E-state index contributed by atoms with van der Waals surface area (Å²) in [6.07, 6.45) is 0.657. The zero-order valence-corrected chi connectivity index (χ0v) is 8.75. The van der Waals surface area contributed by atoms with E-state index in [9.17, 15) is 4.79 Å². The Morgan fingerprint density at radius 1 is 1.62 bits per heavy atom. The van der Waals surface area contributed by atoms with E-state index in [1.54, 1.807) is 0 Å². The first-order chi connectivity index (χ1) is 6.11. The summed E-state index contributed by atoms with van der Waals surface area (Å²) in [5.74, 6) is 0.716. The lowest BCUT2D eigenvalue weighted by Gasteiger charge is -2.33. The summed E-state index contributed by atoms with van der Waals surface area (Å²) in [5.41, 5.74) is 0. The largest absolute Gasteiger partial charge is 0.377 e. The molecule has 76 valence electrons. The molecule has 0 radical (unpaired) electrons. The number of carbonyl (C=O) groups is 1. The van der Waals surface area contributed by atoms with E-state index >= 15 is 0 Å². The summed E-state index contributed by atoms with van der Waals surface area (Å²) in [4.78, 5) is 13.6. The highest BCUT2D eigenvalue weighted by atomic mass is 16.5. The number of ether oxygens (including phenoxy) is 1. The Labute approximate surface area is 80.1 Å². The second kappa shape index (κ2) is 4.61. The number of rotatable bonds is 2. The highest BCUT2D eigenvalue weighted by molar-refractivity contribution is 5.76. The van der Waals surface area contributed by atoms with Crippen molar-refractivity contribution < 1.29 is 9.53 Å². The maximum absolute atomic E-state index is 11.7. The predicted octanol–water partition coefficient (Wildman–Crippen LogP) is 1.28. The van der Waals surface area contributed by atoms with Crippen molar-refractivity contribution in [2.45, 2.75) is 33.2 Å². The molecule has 0 N–H and O–H groups in total. The van der Waals surface area contributed by atoms with Gasteiger partial charge in [-0.3, -0.25) is 4.79 Å². The number of hydrogen-bond acceptors (Lipinski definition) is 2. The minimum absolute atomic E-state index is 0.250. The molecule has 3 nitrogen and oxygen atoms in total. The summed E-state index contributed by atoms with van der Waals surface area (Å²) in [6.45, 7) is 8.31. The van der Waals surface area contributed by atoms with Crippen LogP contribution in [0.4, 0.5) is 0 Å². The van der Waals surface area contributed by atoms with Gasteiger partial charge < -0.3 is 9.64 Å². The van der Waals surface area contributed by atoms with Crippen molar-refractivity contribution in [2.24, 2.45) is 5.92 Å². The second-order valence-corrected chi connectivity index (χ2v) is 4.11. The van der Waals surface area contributed by atoms with Crippen LogP contribution in [0.1, 0.15) is 27.2 Å². The van der Waals surface area contributed by atoms with E-state index in [1.807, 2.05) is 11.8 Å². The highest BCUT2D eigenvalue weighted by Crippen LogP contribution is 2.11. The van der Waals surface area contributed by atoms with Gasteiger partial charge in [0.25, 0.3) is 0 Å². The Morgan fingerprint density at radius 2 is 2.31 bits per heavy atom. The standard InChI is InChI=1S/C10H19NO2/c1-8(2)6-10(12)11-4-5-13-7-9(11)3/h8-9H,4-7H2,1-3H3. The summed E-state index contributed by atoms with van der Waals surface area (Å²) in [7, 11) is 0. The van der Waals surface area contributed by atoms with Crippen LogP contribution in [0, 0.1) is 5.92 Å². The molecule has 1 fully saturated rings. The first kappa shape index (κ1) is 10.5. The lowest BCUT2D eigenvalue weighted by atomic mass is 10.1. The van der Waals surface area contributed by atoms with Gasteiger partial charge >= 0.3 is 0 Å². The van der Waals surface area contributed by atoms with Crippen LogP contribution < -0.4 is 0 Å². The van der Waals surface area contributed by atoms with Crippen molar-refractivity contribution in [3.63, 3.8) is 0 Å². The third kappa shape index (κ3) is 2.99. The first-order valence-electron chi connectivity index (χ1n) is 4.98. The Balaban J connectivity index is 2.44. The molecule has 0 spiro atoms. The molecular weight excluding hydrogens is 166 g/mol. The van der Waals surface area contributed by atoms with Gasteiger partial charge in [-0.05, 0) is 12.8 Å². The van der Waals surface area contributed by atoms with Crippen LogP contribution >= 0.6 is 0 Å². The van der Waals surface area contributed by atoms with Gasteiger partial charge in [0.05, 0.1) is 19.3 Å². The molecule has 1 unspecified atom stereocenters. The van der Waals surface area contributed by atoms with E-state index in [1.165, 1.54) is 0 Å². The molecule has 1 aliphatic rings. The molecule has 0 aromatic rings. The van der Waals surface area contributed by atoms with Gasteiger partial charge in [-0.2, -0.15) is 0 Å². The summed E-state index contributed by atoms with van der Waals surface area (Å²) in [6, 6.07) is 0.250. The quantitative estimate of drug-likeness (QED) is 0.648. The molecule has 0 aromatic heterocycles. The molecule has 1 amide bonds. The maximum Gasteiger partial charge on any atom is 0.223 e. The van der Waals surface area contributed by atoms with Crippen molar-refractivity contribution >= 4 is 5.91 Å². The molecule has 1 saturated heterocycles. The summed E-state index contributed by atoms with van der Waals surface area (Å²) >= 11 is 0. The normalized spacial score (nSPS) is 23.7. The maximum atomic E-state index is 11.7. The van der Waals surface area contributed by atoms with Gasteiger partial charge in [0.2, 0.25) is 5.91 Å². The van der Waals surface area contributed by atoms with Crippen molar-refractivity contribution in [1.29, 1.82) is 0 Å². The van der Waals surface area contributed by atoms with Crippen molar-refractivity contribution in [2.75, 3.05) is 19.8 Å². The SMILES string of the molecule is CC(C)CC(=O)N1CCOCC1C. The van der Waals surface area contributed by atoms with Crippen molar-refractivity contribution in [3.05, 3.63) is 0 Å². The van der Waals surface area contributed by atoms with Crippen LogP contribution in [0.2, 0.25) is 0 Å². The van der Waals surface area contributed by atoms with E-state index in [0.29, 0.717) is 25.6 Å². The molecule has 1 rings (SSSR count). The topological polar surface area (TPSA) is 29.5 Å². The average Bonchev–Trinajstić information content (AvgIpc) is 2.03. The third-order valence-electron chi connectivity index (χ3n) is 2.27. The number of hydrogen-bond donors (Lipinski definition) is 0. The molecule has 0 aliphatic carbocycles. The third-order valence-corrected chi connectivity index (χ3v) is 2.27. The van der Waals surface area contributed by atoms with Crippen LogP contribution in [-0.4, -0.2) is 36.6 Å². The van der Waals surface area contributed by atoms with Crippen LogP contribution in [0.25, 0.3) is 0 Å². The fourth-order valence-corrected chi connectivity index (χ4v) is 1.56. The molecular formula is C10H19NO2. The van der Waals surface area contributed by atoms with Crippen LogP contribution in [0.5, 0.6) is 0 Å². The number of nitrogens with zero attached hydrogens (tertiary/aromatic N) is 1. The number of amides is 1. The zero-order chi connectivity index (χ0) is 9.84. The van der Waals surface area contributed by atoms with E-state index < -0.39 is 0 Å². The first-order valence-corrected chi connectivity index (χ1v) is 4.98. The van der Waals surface area contributed by atoms with E-state index in [2.05, 4.69) is 13.8 Å². The molecule has 13 heavy (non-hydrogen) atoms. The van der Waals surface area contributed by atoms with Crippen LogP contribution in [0.3, 0.4) is 0 Å². The number of morpholine rings is 1. The Morgan fingerprint density at radius 3 is 2.85 bits per heavy atom. The predicted molar refractivity (Wildman–Crippen MR) is 51.4 cm³/mol. The molecule has 3 heteroatoms. The average molecular weight is 185 g/mol. The molecule has 1 aliphatic heterocycles. The van der Waals surface area contributed by atoms with E-state index in [-0.39, 0.29) is 11.9 Å². The molecule has 0 aromatic carbocycles. The molecule has 1 heterocycles. The molecule has 0 bridgehead atoms. The minimum Gasteiger partial charge on any atom is -0.377 e. The van der Waals surface area contributed by atoms with Gasteiger partial charge in [0.15, 0.2) is 0 Å². The van der Waals surface area contributed by atoms with Gasteiger partial charge in [0, 0.05) is 13.0 Å². The molecule has 1 atom stereocenters.